The number of H-pyrrole nitrogens is 1. The van der Waals surface area contributed by atoms with Crippen molar-refractivity contribution in [1.29, 1.82) is 0 Å². The van der Waals surface area contributed by atoms with Gasteiger partial charge in [-0.3, -0.25) is 25.7 Å². The minimum Gasteiger partial charge on any atom is -0.457 e. The van der Waals surface area contributed by atoms with Gasteiger partial charge in [-0.05, 0) is 103 Å². The van der Waals surface area contributed by atoms with Gasteiger partial charge in [-0.1, -0.05) is 32.9 Å². The predicted octanol–water partition coefficient (Wildman–Crippen LogP) is 9.02. The van der Waals surface area contributed by atoms with Gasteiger partial charge in [-0.2, -0.15) is 10.2 Å². The lowest BCUT2D eigenvalue weighted by Crippen LogP contribution is -2.21. The summed E-state index contributed by atoms with van der Waals surface area (Å²) in [4.78, 5) is 32.6. The normalized spacial score (nSPS) is 10.8. The van der Waals surface area contributed by atoms with Gasteiger partial charge in [0.05, 0.1) is 18.5 Å². The number of aromatic amines is 1. The van der Waals surface area contributed by atoms with E-state index in [0.717, 1.165) is 30.9 Å². The Morgan fingerprint density at radius 1 is 0.639 bits per heavy atom. The number of rotatable bonds is 15. The van der Waals surface area contributed by atoms with Crippen LogP contribution < -0.4 is 36.1 Å². The number of anilines is 4. The number of aromatic nitrogens is 6. The maximum atomic E-state index is 12.6. The number of pyridine rings is 2. The summed E-state index contributed by atoms with van der Waals surface area (Å²) in [5, 5.41) is 25.9. The molecule has 61 heavy (non-hydrogen) atoms. The quantitative estimate of drug-likeness (QED) is 0.0544. The summed E-state index contributed by atoms with van der Waals surface area (Å²) >= 11 is 0. The van der Waals surface area contributed by atoms with Crippen molar-refractivity contribution in [1.82, 2.24) is 35.3 Å². The largest absolute Gasteiger partial charge is 0.457 e. The highest BCUT2D eigenvalue weighted by molar-refractivity contribution is 6.00. The molecule has 0 aliphatic heterocycles. The third kappa shape index (κ3) is 13.8. The van der Waals surface area contributed by atoms with Gasteiger partial charge in [0.2, 0.25) is 0 Å². The van der Waals surface area contributed by atoms with Crippen LogP contribution in [-0.4, -0.2) is 68.8 Å². The van der Waals surface area contributed by atoms with Crippen LogP contribution >= 0.6 is 0 Å². The van der Waals surface area contributed by atoms with Crippen LogP contribution in [0.3, 0.4) is 0 Å². The number of amides is 4. The van der Waals surface area contributed by atoms with Crippen molar-refractivity contribution in [2.75, 3.05) is 48.1 Å². The molecule has 0 fully saturated rings. The average Bonchev–Trinajstić information content (AvgIpc) is 3.94. The van der Waals surface area contributed by atoms with E-state index < -0.39 is 0 Å². The highest BCUT2D eigenvalue weighted by Crippen LogP contribution is 2.25. The van der Waals surface area contributed by atoms with Crippen molar-refractivity contribution in [3.63, 3.8) is 0 Å². The number of carbonyl (C=O) groups excluding carboxylic acids is 2. The molecule has 0 atom stereocenters. The van der Waals surface area contributed by atoms with Crippen molar-refractivity contribution < 1.29 is 23.8 Å². The molecule has 7 aromatic rings. The molecule has 0 aliphatic carbocycles. The number of benzene rings is 3. The summed E-state index contributed by atoms with van der Waals surface area (Å²) in [6, 6.07) is 32.3. The van der Waals surface area contributed by atoms with Crippen LogP contribution in [0.5, 0.6) is 23.0 Å². The molecule has 4 amide bonds. The number of ether oxygens (including phenoxy) is 3. The Kier molecular flexibility index (Phi) is 15.1. The number of urea groups is 2. The van der Waals surface area contributed by atoms with Crippen LogP contribution in [0.1, 0.15) is 32.0 Å². The number of nitrogens with one attached hydrogen (secondary N) is 6. The van der Waals surface area contributed by atoms with Gasteiger partial charge < -0.3 is 30.2 Å². The van der Waals surface area contributed by atoms with Crippen LogP contribution in [0, 0.1) is 0 Å². The van der Waals surface area contributed by atoms with Crippen LogP contribution in [-0.2, 0) is 16.6 Å². The zero-order valence-corrected chi connectivity index (χ0v) is 34.4. The minimum atomic E-state index is -0.367. The first-order chi connectivity index (χ1) is 29.6. The molecule has 0 spiro atoms. The number of hydrogen-bond acceptors (Lipinski definition) is 10. The summed E-state index contributed by atoms with van der Waals surface area (Å²) in [5.41, 5.74) is 4.25. The van der Waals surface area contributed by atoms with Crippen molar-refractivity contribution in [3.8, 4) is 28.7 Å². The lowest BCUT2D eigenvalue weighted by Gasteiger charge is -2.14. The zero-order chi connectivity index (χ0) is 42.9. The molecule has 0 aliphatic rings. The molecular formula is C45H49N11O5. The Labute approximate surface area is 354 Å². The second-order valence-corrected chi connectivity index (χ2v) is 14.5. The fraction of sp³-hybridized carbons (Fsp3) is 0.200. The monoisotopic (exact) mass is 823 g/mol. The molecule has 4 heterocycles. The number of methoxy groups -OCH3 is 1. The van der Waals surface area contributed by atoms with Gasteiger partial charge in [0, 0.05) is 73.1 Å². The first-order valence-corrected chi connectivity index (χ1v) is 19.5. The SMILES string of the molecule is CC(C)(C)c1cc(NC(=O)Nc2ccc(Oc3ccncc3)cc2)n[nH]1.COCCNCCc1ccc(-n2nccc2NC(=O)Nc2ccc(Oc3ccncc3)cc2)cc1. The van der Waals surface area contributed by atoms with E-state index in [9.17, 15) is 9.59 Å². The van der Waals surface area contributed by atoms with Crippen molar-refractivity contribution >= 4 is 35.1 Å². The maximum absolute atomic E-state index is 12.6. The summed E-state index contributed by atoms with van der Waals surface area (Å²) < 4.78 is 18.2. The Hall–Kier alpha value is -7.56. The Morgan fingerprint density at radius 3 is 1.70 bits per heavy atom. The predicted molar refractivity (Wildman–Crippen MR) is 236 cm³/mol. The van der Waals surface area contributed by atoms with E-state index in [4.69, 9.17) is 14.2 Å². The Balaban J connectivity index is 0.000000213. The summed E-state index contributed by atoms with van der Waals surface area (Å²) in [6.45, 7) is 8.63. The van der Waals surface area contributed by atoms with Crippen molar-refractivity contribution in [2.45, 2.75) is 32.6 Å². The Bertz CT molecular complexity index is 2400. The summed E-state index contributed by atoms with van der Waals surface area (Å²) in [5.74, 6) is 3.77. The van der Waals surface area contributed by atoms with E-state index in [1.54, 1.807) is 122 Å². The number of nitrogens with zero attached hydrogens (tertiary/aromatic N) is 5. The molecule has 3 aromatic carbocycles. The number of hydrogen-bond donors (Lipinski definition) is 6. The molecule has 0 saturated carbocycles. The highest BCUT2D eigenvalue weighted by atomic mass is 16.5. The first kappa shape index (κ1) is 43.0. The zero-order valence-electron chi connectivity index (χ0n) is 34.4. The highest BCUT2D eigenvalue weighted by Gasteiger charge is 2.17. The molecular weight excluding hydrogens is 775 g/mol. The molecule has 4 aromatic heterocycles. The molecule has 6 N–H and O–H groups in total. The molecule has 314 valence electrons. The molecule has 0 unspecified atom stereocenters. The van der Waals surface area contributed by atoms with E-state index in [2.05, 4.69) is 84.8 Å². The van der Waals surface area contributed by atoms with Crippen molar-refractivity contribution in [2.24, 2.45) is 0 Å². The molecule has 7 rings (SSSR count). The van der Waals surface area contributed by atoms with E-state index in [0.29, 0.717) is 52.6 Å². The number of carbonyl (C=O) groups is 2. The average molecular weight is 824 g/mol. The summed E-state index contributed by atoms with van der Waals surface area (Å²) in [7, 11) is 1.70. The smallest absolute Gasteiger partial charge is 0.324 e. The lowest BCUT2D eigenvalue weighted by atomic mass is 9.92. The van der Waals surface area contributed by atoms with Crippen LogP contribution in [0.2, 0.25) is 0 Å². The first-order valence-electron chi connectivity index (χ1n) is 19.5. The second kappa shape index (κ2) is 21.4. The summed E-state index contributed by atoms with van der Waals surface area (Å²) in [6.07, 6.45) is 9.22. The molecule has 16 heteroatoms. The Morgan fingerprint density at radius 2 is 1.18 bits per heavy atom. The fourth-order valence-electron chi connectivity index (χ4n) is 5.56. The van der Waals surface area contributed by atoms with E-state index in [-0.39, 0.29) is 17.5 Å². The van der Waals surface area contributed by atoms with Crippen LogP contribution in [0.15, 0.2) is 140 Å². The molecule has 0 saturated heterocycles. The van der Waals surface area contributed by atoms with Gasteiger partial charge in [0.15, 0.2) is 5.82 Å². The lowest BCUT2D eigenvalue weighted by molar-refractivity contribution is 0.199. The fourth-order valence-corrected chi connectivity index (χ4v) is 5.56. The standard InChI is InChI=1S/C26H28N6O3.C19H21N5O2/c1-34-19-18-28-14-10-20-2-6-22(7-3-20)32-25(13-17-29-32)31-26(33)30-21-4-8-23(9-5-21)35-24-11-15-27-16-12-24;1-19(2,3)16-12-17(24-23-16)22-18(25)21-13-4-6-14(7-5-13)26-15-8-10-20-11-9-15/h2-9,11-13,15-17,28H,10,14,18-19H2,1H3,(H2,30,31,33);4-12H,1-3H3,(H3,21,22,23,24,25). The maximum Gasteiger partial charge on any atom is 0.324 e. The third-order valence-electron chi connectivity index (χ3n) is 8.76. The topological polar surface area (TPSA) is 194 Å². The van der Waals surface area contributed by atoms with E-state index in [1.165, 1.54) is 5.56 Å². The van der Waals surface area contributed by atoms with Gasteiger partial charge in [-0.15, -0.1) is 0 Å². The van der Waals surface area contributed by atoms with E-state index >= 15 is 0 Å². The van der Waals surface area contributed by atoms with Gasteiger partial charge in [-0.25, -0.2) is 14.3 Å². The molecule has 16 nitrogen and oxygen atoms in total. The molecule has 0 bridgehead atoms. The minimum absolute atomic E-state index is 0.0615. The van der Waals surface area contributed by atoms with Crippen LogP contribution in [0.25, 0.3) is 5.69 Å². The van der Waals surface area contributed by atoms with Crippen molar-refractivity contribution in [3.05, 3.63) is 151 Å². The van der Waals surface area contributed by atoms with Gasteiger partial charge in [0.1, 0.15) is 28.8 Å². The van der Waals surface area contributed by atoms with Crippen LogP contribution in [0.4, 0.5) is 32.6 Å². The third-order valence-corrected chi connectivity index (χ3v) is 8.76. The molecule has 0 radical (unpaired) electrons. The van der Waals surface area contributed by atoms with E-state index in [1.807, 2.05) is 18.2 Å². The van der Waals surface area contributed by atoms with Gasteiger partial charge >= 0.3 is 12.1 Å². The second-order valence-electron chi connectivity index (χ2n) is 14.5. The van der Waals surface area contributed by atoms with Gasteiger partial charge in [0.25, 0.3) is 0 Å².